The van der Waals surface area contributed by atoms with Gasteiger partial charge >= 0.3 is 0 Å². The molecule has 2 aromatic rings. The van der Waals surface area contributed by atoms with E-state index >= 15 is 0 Å². The molecule has 20 heavy (non-hydrogen) atoms. The number of carbonyl (C=O) groups is 1. The van der Waals surface area contributed by atoms with E-state index in [1.165, 1.54) is 0 Å². The number of imidazole rings is 1. The smallest absolute Gasteiger partial charge is 0.221 e. The molecular weight excluding hydrogens is 342 g/mol. The first kappa shape index (κ1) is 15.3. The van der Waals surface area contributed by atoms with Crippen LogP contribution in [0.25, 0.3) is 11.0 Å². The Morgan fingerprint density at radius 2 is 2.30 bits per heavy atom. The van der Waals surface area contributed by atoms with Crippen molar-refractivity contribution in [2.75, 3.05) is 12.4 Å². The number of fused-ring (bicyclic) bond motifs is 1. The SMILES string of the molecule is CCNC(=O)CCn1c(CCCl)nc2cc(Br)ccc21. The summed E-state index contributed by atoms with van der Waals surface area (Å²) in [4.78, 5) is 16.2. The number of alkyl halides is 1. The Balaban J connectivity index is 2.28. The van der Waals surface area contributed by atoms with E-state index in [2.05, 4.69) is 30.8 Å². The Morgan fingerprint density at radius 3 is 3.00 bits per heavy atom. The molecule has 1 aromatic heterocycles. The third-order valence-corrected chi connectivity index (χ3v) is 3.73. The minimum Gasteiger partial charge on any atom is -0.356 e. The van der Waals surface area contributed by atoms with E-state index in [-0.39, 0.29) is 5.91 Å². The van der Waals surface area contributed by atoms with Gasteiger partial charge in [0.1, 0.15) is 5.82 Å². The Hall–Kier alpha value is -1.07. The van der Waals surface area contributed by atoms with E-state index in [9.17, 15) is 4.79 Å². The summed E-state index contributed by atoms with van der Waals surface area (Å²) in [7, 11) is 0. The average Bonchev–Trinajstić information content (AvgIpc) is 2.74. The zero-order valence-electron chi connectivity index (χ0n) is 11.3. The van der Waals surface area contributed by atoms with Crippen molar-refractivity contribution in [3.63, 3.8) is 0 Å². The molecule has 0 unspecified atom stereocenters. The zero-order valence-corrected chi connectivity index (χ0v) is 13.7. The van der Waals surface area contributed by atoms with Crippen molar-refractivity contribution < 1.29 is 4.79 Å². The molecule has 4 nitrogen and oxygen atoms in total. The summed E-state index contributed by atoms with van der Waals surface area (Å²) in [6.07, 6.45) is 1.15. The molecule has 0 saturated heterocycles. The number of amides is 1. The summed E-state index contributed by atoms with van der Waals surface area (Å²) in [5.74, 6) is 1.51. The number of aromatic nitrogens is 2. The lowest BCUT2D eigenvalue weighted by atomic mass is 10.3. The first-order valence-electron chi connectivity index (χ1n) is 6.63. The summed E-state index contributed by atoms with van der Waals surface area (Å²) in [6.45, 7) is 3.20. The van der Waals surface area contributed by atoms with Crippen molar-refractivity contribution in [3.05, 3.63) is 28.5 Å². The van der Waals surface area contributed by atoms with Crippen molar-refractivity contribution >= 4 is 44.5 Å². The van der Waals surface area contributed by atoms with Crippen LogP contribution in [0.5, 0.6) is 0 Å². The third kappa shape index (κ3) is 3.52. The van der Waals surface area contributed by atoms with Crippen LogP contribution in [0.2, 0.25) is 0 Å². The molecule has 1 amide bonds. The normalized spacial score (nSPS) is 10.9. The molecule has 0 radical (unpaired) electrons. The molecule has 1 N–H and O–H groups in total. The van der Waals surface area contributed by atoms with Gasteiger partial charge in [-0.15, -0.1) is 11.6 Å². The Labute approximate surface area is 131 Å². The molecule has 108 valence electrons. The quantitative estimate of drug-likeness (QED) is 0.807. The lowest BCUT2D eigenvalue weighted by Crippen LogP contribution is -2.24. The van der Waals surface area contributed by atoms with Crippen molar-refractivity contribution in [3.8, 4) is 0 Å². The minimum absolute atomic E-state index is 0.0586. The topological polar surface area (TPSA) is 46.9 Å². The molecule has 1 heterocycles. The standard InChI is InChI=1S/C14H17BrClN3O/c1-2-17-14(20)6-8-19-12-4-3-10(15)9-11(12)18-13(19)5-7-16/h3-4,9H,2,5-8H2,1H3,(H,17,20). The van der Waals surface area contributed by atoms with Crippen LogP contribution in [0, 0.1) is 0 Å². The molecule has 2 rings (SSSR count). The highest BCUT2D eigenvalue weighted by atomic mass is 79.9. The number of carbonyl (C=O) groups excluding carboxylic acids is 1. The lowest BCUT2D eigenvalue weighted by molar-refractivity contribution is -0.121. The molecular formula is C14H17BrClN3O. The van der Waals surface area contributed by atoms with E-state index < -0.39 is 0 Å². The number of rotatable bonds is 6. The van der Waals surface area contributed by atoms with Gasteiger partial charge in [-0.05, 0) is 25.1 Å². The Morgan fingerprint density at radius 1 is 1.50 bits per heavy atom. The van der Waals surface area contributed by atoms with E-state index in [4.69, 9.17) is 11.6 Å². The fourth-order valence-electron chi connectivity index (χ4n) is 2.18. The monoisotopic (exact) mass is 357 g/mol. The number of aryl methyl sites for hydroxylation is 2. The highest BCUT2D eigenvalue weighted by molar-refractivity contribution is 9.10. The van der Waals surface area contributed by atoms with Crippen LogP contribution >= 0.6 is 27.5 Å². The van der Waals surface area contributed by atoms with Gasteiger partial charge in [0.2, 0.25) is 5.91 Å². The maximum Gasteiger partial charge on any atom is 0.221 e. The highest BCUT2D eigenvalue weighted by Gasteiger charge is 2.11. The van der Waals surface area contributed by atoms with Gasteiger partial charge in [-0.25, -0.2) is 4.98 Å². The fraction of sp³-hybridized carbons (Fsp3) is 0.429. The second-order valence-electron chi connectivity index (χ2n) is 4.46. The first-order valence-corrected chi connectivity index (χ1v) is 7.95. The Kier molecular flexibility index (Phi) is 5.43. The van der Waals surface area contributed by atoms with Gasteiger partial charge in [0.25, 0.3) is 0 Å². The zero-order chi connectivity index (χ0) is 14.5. The van der Waals surface area contributed by atoms with Crippen LogP contribution < -0.4 is 5.32 Å². The van der Waals surface area contributed by atoms with Gasteiger partial charge < -0.3 is 9.88 Å². The van der Waals surface area contributed by atoms with Gasteiger partial charge in [-0.2, -0.15) is 0 Å². The van der Waals surface area contributed by atoms with Crippen molar-refractivity contribution in [1.82, 2.24) is 14.9 Å². The molecule has 0 fully saturated rings. The minimum atomic E-state index is 0.0586. The molecule has 0 aliphatic carbocycles. The fourth-order valence-corrected chi connectivity index (χ4v) is 2.69. The van der Waals surface area contributed by atoms with Crippen molar-refractivity contribution in [1.29, 1.82) is 0 Å². The lowest BCUT2D eigenvalue weighted by Gasteiger charge is -2.08. The Bertz CT molecular complexity index is 612. The predicted octanol–water partition coefficient (Wildman–Crippen LogP) is 3.11. The van der Waals surface area contributed by atoms with E-state index in [1.54, 1.807) is 0 Å². The van der Waals surface area contributed by atoms with Gasteiger partial charge in [0.15, 0.2) is 0 Å². The molecule has 0 saturated carbocycles. The summed E-state index contributed by atoms with van der Waals surface area (Å²) in [5, 5.41) is 2.81. The summed E-state index contributed by atoms with van der Waals surface area (Å²) in [6, 6.07) is 5.98. The maximum atomic E-state index is 11.6. The molecule has 0 bridgehead atoms. The number of hydrogen-bond acceptors (Lipinski definition) is 2. The molecule has 1 aromatic carbocycles. The van der Waals surface area contributed by atoms with Gasteiger partial charge in [-0.1, -0.05) is 15.9 Å². The highest BCUT2D eigenvalue weighted by Crippen LogP contribution is 2.21. The van der Waals surface area contributed by atoms with E-state index in [0.29, 0.717) is 31.8 Å². The summed E-state index contributed by atoms with van der Waals surface area (Å²) in [5.41, 5.74) is 1.97. The molecule has 6 heteroatoms. The van der Waals surface area contributed by atoms with Crippen LogP contribution in [0.1, 0.15) is 19.2 Å². The second-order valence-corrected chi connectivity index (χ2v) is 5.75. The van der Waals surface area contributed by atoms with Gasteiger partial charge in [-0.3, -0.25) is 4.79 Å². The number of benzene rings is 1. The molecule has 0 spiro atoms. The third-order valence-electron chi connectivity index (χ3n) is 3.04. The first-order chi connectivity index (χ1) is 9.65. The van der Waals surface area contributed by atoms with E-state index in [0.717, 1.165) is 21.3 Å². The number of hydrogen-bond donors (Lipinski definition) is 1. The number of halogens is 2. The van der Waals surface area contributed by atoms with Crippen molar-refractivity contribution in [2.24, 2.45) is 0 Å². The summed E-state index contributed by atoms with van der Waals surface area (Å²) < 4.78 is 3.08. The molecule has 0 atom stereocenters. The largest absolute Gasteiger partial charge is 0.356 e. The molecule has 0 aliphatic heterocycles. The number of nitrogens with one attached hydrogen (secondary N) is 1. The van der Waals surface area contributed by atoms with Crippen LogP contribution in [-0.2, 0) is 17.8 Å². The van der Waals surface area contributed by atoms with Crippen LogP contribution in [0.4, 0.5) is 0 Å². The second kappa shape index (κ2) is 7.09. The predicted molar refractivity (Wildman–Crippen MR) is 85.2 cm³/mol. The van der Waals surface area contributed by atoms with Crippen molar-refractivity contribution in [2.45, 2.75) is 26.3 Å². The van der Waals surface area contributed by atoms with Crippen LogP contribution in [0.3, 0.4) is 0 Å². The van der Waals surface area contributed by atoms with Gasteiger partial charge in [0.05, 0.1) is 11.0 Å². The van der Waals surface area contributed by atoms with Crippen LogP contribution in [-0.4, -0.2) is 27.9 Å². The number of nitrogens with zero attached hydrogens (tertiary/aromatic N) is 2. The van der Waals surface area contributed by atoms with Gasteiger partial charge in [0, 0.05) is 36.3 Å². The maximum absolute atomic E-state index is 11.6. The van der Waals surface area contributed by atoms with E-state index in [1.807, 2.05) is 25.1 Å². The summed E-state index contributed by atoms with van der Waals surface area (Å²) >= 11 is 9.29. The average molecular weight is 359 g/mol. The molecule has 0 aliphatic rings. The van der Waals surface area contributed by atoms with Crippen LogP contribution in [0.15, 0.2) is 22.7 Å².